The van der Waals surface area contributed by atoms with Crippen molar-refractivity contribution in [1.82, 2.24) is 20.3 Å². The van der Waals surface area contributed by atoms with Gasteiger partial charge in [-0.15, -0.1) is 5.10 Å². The number of methoxy groups -OCH3 is 1. The van der Waals surface area contributed by atoms with Gasteiger partial charge in [0.2, 0.25) is 0 Å². The smallest absolute Gasteiger partial charge is 0.0964 e. The van der Waals surface area contributed by atoms with Gasteiger partial charge in [0.1, 0.15) is 0 Å². The molecule has 1 aromatic heterocycles. The van der Waals surface area contributed by atoms with Crippen molar-refractivity contribution in [3.8, 4) is 0 Å². The van der Waals surface area contributed by atoms with Crippen LogP contribution in [0.25, 0.3) is 0 Å². The Balaban J connectivity index is 2.06. The van der Waals surface area contributed by atoms with E-state index < -0.39 is 6.10 Å². The number of ether oxygens (including phenoxy) is 1. The van der Waals surface area contributed by atoms with Gasteiger partial charge in [0, 0.05) is 26.9 Å². The zero-order valence-electron chi connectivity index (χ0n) is 9.18. The Kier molecular flexibility index (Phi) is 5.23. The summed E-state index contributed by atoms with van der Waals surface area (Å²) in [5.41, 5.74) is 0.902. The molecule has 0 bridgehead atoms. The minimum absolute atomic E-state index is 0.382. The number of aromatic nitrogens is 3. The Morgan fingerprint density at radius 1 is 1.67 bits per heavy atom. The van der Waals surface area contributed by atoms with Crippen LogP contribution >= 0.6 is 0 Å². The van der Waals surface area contributed by atoms with Crippen LogP contribution in [0, 0.1) is 0 Å². The Morgan fingerprint density at radius 2 is 2.47 bits per heavy atom. The molecule has 0 amide bonds. The number of nitrogens with one attached hydrogen (secondary N) is 1. The molecular formula is C9H18N4O2. The van der Waals surface area contributed by atoms with Crippen LogP contribution in [-0.2, 0) is 18.3 Å². The lowest BCUT2D eigenvalue weighted by atomic mass is 10.2. The largest absolute Gasteiger partial charge is 0.391 e. The fraction of sp³-hybridized carbons (Fsp3) is 0.778. The van der Waals surface area contributed by atoms with E-state index in [-0.39, 0.29) is 0 Å². The third-order valence-electron chi connectivity index (χ3n) is 1.97. The average Bonchev–Trinajstić information content (AvgIpc) is 2.60. The molecule has 15 heavy (non-hydrogen) atoms. The molecule has 0 aliphatic heterocycles. The van der Waals surface area contributed by atoms with Crippen molar-refractivity contribution < 1.29 is 9.84 Å². The Hall–Kier alpha value is -0.980. The summed E-state index contributed by atoms with van der Waals surface area (Å²) in [4.78, 5) is 0. The molecule has 6 heteroatoms. The molecule has 86 valence electrons. The van der Waals surface area contributed by atoms with Crippen LogP contribution in [0.15, 0.2) is 6.20 Å². The molecule has 0 saturated heterocycles. The first kappa shape index (κ1) is 12.1. The van der Waals surface area contributed by atoms with E-state index in [4.69, 9.17) is 4.74 Å². The first-order valence-electron chi connectivity index (χ1n) is 4.95. The van der Waals surface area contributed by atoms with Crippen LogP contribution in [0.5, 0.6) is 0 Å². The molecule has 1 aromatic rings. The first-order valence-corrected chi connectivity index (χ1v) is 4.95. The van der Waals surface area contributed by atoms with Crippen LogP contribution in [-0.4, -0.2) is 46.5 Å². The number of nitrogens with zero attached hydrogens (tertiary/aromatic N) is 3. The van der Waals surface area contributed by atoms with Crippen molar-refractivity contribution >= 4 is 0 Å². The first-order chi connectivity index (χ1) is 7.22. The molecule has 0 radical (unpaired) electrons. The van der Waals surface area contributed by atoms with Crippen molar-refractivity contribution in [3.63, 3.8) is 0 Å². The minimum atomic E-state index is -0.399. The average molecular weight is 214 g/mol. The Morgan fingerprint density at radius 3 is 3.07 bits per heavy atom. The molecule has 1 unspecified atom stereocenters. The Labute approximate surface area is 89.2 Å². The summed E-state index contributed by atoms with van der Waals surface area (Å²) in [6.07, 6.45) is 2.14. The number of aliphatic hydroxyl groups excluding tert-OH is 1. The van der Waals surface area contributed by atoms with Gasteiger partial charge in [-0.3, -0.25) is 4.68 Å². The second-order valence-electron chi connectivity index (χ2n) is 3.46. The lowest BCUT2D eigenvalue weighted by Crippen LogP contribution is -2.23. The highest BCUT2D eigenvalue weighted by molar-refractivity contribution is 4.90. The predicted octanol–water partition coefficient (Wildman–Crippen LogP) is -0.698. The molecule has 0 aliphatic rings. The van der Waals surface area contributed by atoms with Gasteiger partial charge in [0.25, 0.3) is 0 Å². The summed E-state index contributed by atoms with van der Waals surface area (Å²) >= 11 is 0. The third kappa shape index (κ3) is 4.87. The zero-order valence-corrected chi connectivity index (χ0v) is 9.18. The molecule has 1 atom stereocenters. The highest BCUT2D eigenvalue weighted by atomic mass is 16.5. The monoisotopic (exact) mass is 214 g/mol. The molecule has 2 N–H and O–H groups in total. The third-order valence-corrected chi connectivity index (χ3v) is 1.97. The zero-order chi connectivity index (χ0) is 11.1. The van der Waals surface area contributed by atoms with Gasteiger partial charge in [-0.05, 0) is 13.0 Å². The lowest BCUT2D eigenvalue weighted by molar-refractivity contribution is 0.0594. The van der Waals surface area contributed by atoms with Crippen molar-refractivity contribution in [2.24, 2.45) is 7.05 Å². The van der Waals surface area contributed by atoms with E-state index in [9.17, 15) is 5.11 Å². The molecule has 0 aromatic carbocycles. The normalized spacial score (nSPS) is 13.0. The highest BCUT2D eigenvalue weighted by Gasteiger charge is 2.02. The SMILES string of the molecule is COCC(O)CCNCc1cn(C)nn1. The maximum absolute atomic E-state index is 9.35. The molecule has 1 heterocycles. The van der Waals surface area contributed by atoms with Gasteiger partial charge >= 0.3 is 0 Å². The van der Waals surface area contributed by atoms with Gasteiger partial charge in [-0.25, -0.2) is 0 Å². The summed E-state index contributed by atoms with van der Waals surface area (Å²) in [6.45, 7) is 1.79. The molecule has 0 saturated carbocycles. The Bertz CT molecular complexity index is 277. The standard InChI is InChI=1S/C9H18N4O2/c1-13-6-8(11-12-13)5-10-4-3-9(14)7-15-2/h6,9-10,14H,3-5,7H2,1-2H3. The van der Waals surface area contributed by atoms with Crippen LogP contribution < -0.4 is 5.32 Å². The highest BCUT2D eigenvalue weighted by Crippen LogP contribution is 1.93. The van der Waals surface area contributed by atoms with E-state index >= 15 is 0 Å². The number of hydrogen-bond acceptors (Lipinski definition) is 5. The fourth-order valence-electron chi connectivity index (χ4n) is 1.24. The van der Waals surface area contributed by atoms with Crippen molar-refractivity contribution in [1.29, 1.82) is 0 Å². The summed E-state index contributed by atoms with van der Waals surface area (Å²) in [7, 11) is 3.41. The fourth-order valence-corrected chi connectivity index (χ4v) is 1.24. The summed E-state index contributed by atoms with van der Waals surface area (Å²) in [5, 5.41) is 20.3. The second-order valence-corrected chi connectivity index (χ2v) is 3.46. The van der Waals surface area contributed by atoms with Gasteiger partial charge in [0.05, 0.1) is 18.4 Å². The molecule has 0 spiro atoms. The second kappa shape index (κ2) is 6.49. The van der Waals surface area contributed by atoms with Crippen LogP contribution in [0.3, 0.4) is 0 Å². The van der Waals surface area contributed by atoms with Crippen molar-refractivity contribution in [2.45, 2.75) is 19.1 Å². The number of aryl methyl sites for hydroxylation is 1. The van der Waals surface area contributed by atoms with E-state index in [1.165, 1.54) is 0 Å². The van der Waals surface area contributed by atoms with Crippen LogP contribution in [0.4, 0.5) is 0 Å². The predicted molar refractivity (Wildman–Crippen MR) is 55.2 cm³/mol. The number of rotatable bonds is 7. The summed E-state index contributed by atoms with van der Waals surface area (Å²) in [6, 6.07) is 0. The molecule has 6 nitrogen and oxygen atoms in total. The van der Waals surface area contributed by atoms with Gasteiger partial charge < -0.3 is 15.2 Å². The van der Waals surface area contributed by atoms with Crippen LogP contribution in [0.2, 0.25) is 0 Å². The van der Waals surface area contributed by atoms with Gasteiger partial charge in [0.15, 0.2) is 0 Å². The van der Waals surface area contributed by atoms with E-state index in [1.54, 1.807) is 11.8 Å². The van der Waals surface area contributed by atoms with E-state index in [1.807, 2.05) is 13.2 Å². The molecule has 0 aliphatic carbocycles. The summed E-state index contributed by atoms with van der Waals surface area (Å²) in [5.74, 6) is 0. The number of hydrogen-bond donors (Lipinski definition) is 2. The van der Waals surface area contributed by atoms with E-state index in [0.717, 1.165) is 12.2 Å². The van der Waals surface area contributed by atoms with Crippen molar-refractivity contribution in [3.05, 3.63) is 11.9 Å². The van der Waals surface area contributed by atoms with E-state index in [2.05, 4.69) is 15.6 Å². The maximum Gasteiger partial charge on any atom is 0.0964 e. The quantitative estimate of drug-likeness (QED) is 0.587. The molecule has 1 rings (SSSR count). The van der Waals surface area contributed by atoms with Crippen LogP contribution in [0.1, 0.15) is 12.1 Å². The molecule has 0 fully saturated rings. The number of aliphatic hydroxyl groups is 1. The molecular weight excluding hydrogens is 196 g/mol. The summed E-state index contributed by atoms with van der Waals surface area (Å²) < 4.78 is 6.48. The van der Waals surface area contributed by atoms with E-state index in [0.29, 0.717) is 19.6 Å². The van der Waals surface area contributed by atoms with Crippen molar-refractivity contribution in [2.75, 3.05) is 20.3 Å². The minimum Gasteiger partial charge on any atom is -0.391 e. The van der Waals surface area contributed by atoms with Gasteiger partial charge in [-0.1, -0.05) is 5.21 Å². The topological polar surface area (TPSA) is 72.2 Å². The van der Waals surface area contributed by atoms with Gasteiger partial charge in [-0.2, -0.15) is 0 Å². The maximum atomic E-state index is 9.35. The lowest BCUT2D eigenvalue weighted by Gasteiger charge is -2.08.